The molecule has 4 rings (SSSR count). The van der Waals surface area contributed by atoms with Crippen molar-refractivity contribution in [3.63, 3.8) is 0 Å². The van der Waals surface area contributed by atoms with Crippen LogP contribution in [0.5, 0.6) is 0 Å². The molecule has 0 saturated carbocycles. The number of carbonyl (C=O) groups is 1. The summed E-state index contributed by atoms with van der Waals surface area (Å²) in [5.74, 6) is 0.619. The number of nitrogens with two attached hydrogens (primary N) is 1. The number of nitrogens with one attached hydrogen (secondary N) is 1. The smallest absolute Gasteiger partial charge is 0.253 e. The van der Waals surface area contributed by atoms with E-state index in [9.17, 15) is 4.79 Å². The van der Waals surface area contributed by atoms with Crippen molar-refractivity contribution in [3.05, 3.63) is 29.3 Å². The van der Waals surface area contributed by atoms with E-state index in [1.165, 1.54) is 25.9 Å². The van der Waals surface area contributed by atoms with Crippen molar-refractivity contribution in [1.82, 2.24) is 10.2 Å². The molecule has 102 valence electrons. The minimum atomic E-state index is -0.0191. The highest BCUT2D eigenvalue weighted by Crippen LogP contribution is 2.28. The van der Waals surface area contributed by atoms with Crippen molar-refractivity contribution in [2.24, 2.45) is 5.92 Å². The fourth-order valence-electron chi connectivity index (χ4n) is 3.37. The number of fused-ring (bicyclic) bond motifs is 3. The molecule has 19 heavy (non-hydrogen) atoms. The summed E-state index contributed by atoms with van der Waals surface area (Å²) in [6.45, 7) is 5.29. The molecule has 3 aliphatic heterocycles. The first kappa shape index (κ1) is 12.5. The third kappa shape index (κ3) is 2.32. The van der Waals surface area contributed by atoms with Crippen LogP contribution in [0.1, 0.15) is 28.8 Å². The van der Waals surface area contributed by atoms with Crippen molar-refractivity contribution >= 4 is 11.6 Å². The molecule has 3 fully saturated rings. The van der Waals surface area contributed by atoms with Gasteiger partial charge in [0.15, 0.2) is 0 Å². The van der Waals surface area contributed by atoms with Gasteiger partial charge in [-0.15, -0.1) is 0 Å². The van der Waals surface area contributed by atoms with Crippen LogP contribution in [0.4, 0.5) is 5.69 Å². The standard InChI is InChI=1S/C15H21N3O/c1-10-3-2-4-12(16)14(10)15(19)17-13-9-18-7-5-11(13)6-8-18/h2-4,11,13H,5-9,16H2,1H3,(H,17,19). The number of carbonyl (C=O) groups excluding carboxylic acids is 1. The average Bonchev–Trinajstić information content (AvgIpc) is 2.40. The van der Waals surface area contributed by atoms with Crippen LogP contribution in [-0.4, -0.2) is 36.5 Å². The second kappa shape index (κ2) is 4.85. The van der Waals surface area contributed by atoms with E-state index in [4.69, 9.17) is 5.73 Å². The van der Waals surface area contributed by atoms with Gasteiger partial charge in [0.1, 0.15) is 0 Å². The average molecular weight is 259 g/mol. The molecule has 1 unspecified atom stereocenters. The van der Waals surface area contributed by atoms with E-state index in [2.05, 4.69) is 10.2 Å². The van der Waals surface area contributed by atoms with Crippen LogP contribution in [-0.2, 0) is 0 Å². The topological polar surface area (TPSA) is 58.4 Å². The SMILES string of the molecule is Cc1cccc(N)c1C(=O)NC1CN2CCC1CC2. The van der Waals surface area contributed by atoms with E-state index < -0.39 is 0 Å². The second-order valence-corrected chi connectivity index (χ2v) is 5.76. The third-order valence-electron chi connectivity index (χ3n) is 4.50. The fourth-order valence-corrected chi connectivity index (χ4v) is 3.37. The van der Waals surface area contributed by atoms with E-state index in [-0.39, 0.29) is 11.9 Å². The first-order valence-corrected chi connectivity index (χ1v) is 7.03. The first-order valence-electron chi connectivity index (χ1n) is 7.03. The third-order valence-corrected chi connectivity index (χ3v) is 4.50. The number of piperidine rings is 3. The normalized spacial score (nSPS) is 29.2. The zero-order valence-corrected chi connectivity index (χ0v) is 11.4. The summed E-state index contributed by atoms with van der Waals surface area (Å²) < 4.78 is 0. The predicted octanol–water partition coefficient (Wildman–Crippen LogP) is 1.40. The maximum atomic E-state index is 12.4. The van der Waals surface area contributed by atoms with E-state index >= 15 is 0 Å². The van der Waals surface area contributed by atoms with Gasteiger partial charge in [0, 0.05) is 18.3 Å². The number of benzene rings is 1. The van der Waals surface area contributed by atoms with Gasteiger partial charge < -0.3 is 16.0 Å². The van der Waals surface area contributed by atoms with Gasteiger partial charge in [0.2, 0.25) is 0 Å². The second-order valence-electron chi connectivity index (χ2n) is 5.76. The Morgan fingerprint density at radius 3 is 2.68 bits per heavy atom. The molecule has 0 aliphatic carbocycles. The van der Waals surface area contributed by atoms with Crippen LogP contribution in [0.3, 0.4) is 0 Å². The Balaban J connectivity index is 1.75. The van der Waals surface area contributed by atoms with Crippen molar-refractivity contribution in [1.29, 1.82) is 0 Å². The summed E-state index contributed by atoms with van der Waals surface area (Å²) >= 11 is 0. The minimum Gasteiger partial charge on any atom is -0.398 e. The highest BCUT2D eigenvalue weighted by molar-refractivity contribution is 6.00. The molecule has 1 atom stereocenters. The molecule has 2 bridgehead atoms. The fraction of sp³-hybridized carbons (Fsp3) is 0.533. The van der Waals surface area contributed by atoms with Gasteiger partial charge in [-0.25, -0.2) is 0 Å². The van der Waals surface area contributed by atoms with E-state index in [0.717, 1.165) is 12.1 Å². The van der Waals surface area contributed by atoms with Crippen LogP contribution in [0.15, 0.2) is 18.2 Å². The van der Waals surface area contributed by atoms with Crippen LogP contribution < -0.4 is 11.1 Å². The lowest BCUT2D eigenvalue weighted by atomic mass is 9.84. The summed E-state index contributed by atoms with van der Waals surface area (Å²) in [5, 5.41) is 3.19. The molecule has 1 amide bonds. The van der Waals surface area contributed by atoms with Gasteiger partial charge >= 0.3 is 0 Å². The Hall–Kier alpha value is -1.55. The molecular weight excluding hydrogens is 238 g/mol. The zero-order chi connectivity index (χ0) is 13.4. The van der Waals surface area contributed by atoms with Crippen LogP contribution in [0.2, 0.25) is 0 Å². The van der Waals surface area contributed by atoms with Gasteiger partial charge in [0.05, 0.1) is 5.56 Å². The Bertz CT molecular complexity index is 472. The lowest BCUT2D eigenvalue weighted by molar-refractivity contribution is 0.0620. The Morgan fingerprint density at radius 2 is 2.11 bits per heavy atom. The van der Waals surface area contributed by atoms with E-state index in [0.29, 0.717) is 17.2 Å². The zero-order valence-electron chi connectivity index (χ0n) is 11.4. The number of anilines is 1. The monoisotopic (exact) mass is 259 g/mol. The summed E-state index contributed by atoms with van der Waals surface area (Å²) in [6, 6.07) is 5.89. The predicted molar refractivity (Wildman–Crippen MR) is 76.0 cm³/mol. The molecule has 1 aromatic carbocycles. The molecule has 3 aliphatic rings. The van der Waals surface area contributed by atoms with Gasteiger partial charge in [-0.05, 0) is 50.4 Å². The van der Waals surface area contributed by atoms with Gasteiger partial charge in [-0.2, -0.15) is 0 Å². The number of hydrogen-bond acceptors (Lipinski definition) is 3. The van der Waals surface area contributed by atoms with E-state index in [1.807, 2.05) is 19.1 Å². The maximum absolute atomic E-state index is 12.4. The van der Waals surface area contributed by atoms with Crippen LogP contribution >= 0.6 is 0 Å². The van der Waals surface area contributed by atoms with E-state index in [1.54, 1.807) is 6.07 Å². The lowest BCUT2D eigenvalue weighted by Gasteiger charge is -2.45. The molecule has 0 radical (unpaired) electrons. The highest BCUT2D eigenvalue weighted by atomic mass is 16.1. The van der Waals surface area contributed by atoms with Crippen molar-refractivity contribution in [3.8, 4) is 0 Å². The number of aryl methyl sites for hydroxylation is 1. The summed E-state index contributed by atoms with van der Waals surface area (Å²) in [5.41, 5.74) is 8.08. The first-order chi connectivity index (χ1) is 9.15. The maximum Gasteiger partial charge on any atom is 0.253 e. The van der Waals surface area contributed by atoms with Crippen LogP contribution in [0.25, 0.3) is 0 Å². The molecular formula is C15H21N3O. The van der Waals surface area contributed by atoms with Crippen LogP contribution in [0, 0.1) is 12.8 Å². The van der Waals surface area contributed by atoms with Crippen molar-refractivity contribution < 1.29 is 4.79 Å². The lowest BCUT2D eigenvalue weighted by Crippen LogP contribution is -2.57. The molecule has 3 N–H and O–H groups in total. The Kier molecular flexibility index (Phi) is 3.19. The minimum absolute atomic E-state index is 0.0191. The van der Waals surface area contributed by atoms with Gasteiger partial charge in [-0.3, -0.25) is 4.79 Å². The van der Waals surface area contributed by atoms with Crippen molar-refractivity contribution in [2.45, 2.75) is 25.8 Å². The summed E-state index contributed by atoms with van der Waals surface area (Å²) in [7, 11) is 0. The summed E-state index contributed by atoms with van der Waals surface area (Å²) in [4.78, 5) is 14.9. The molecule has 1 aromatic rings. The Labute approximate surface area is 114 Å². The number of rotatable bonds is 2. The number of nitrogen functional groups attached to an aromatic ring is 1. The number of nitrogens with zero attached hydrogens (tertiary/aromatic N) is 1. The largest absolute Gasteiger partial charge is 0.398 e. The molecule has 3 heterocycles. The molecule has 0 aromatic heterocycles. The number of amides is 1. The molecule has 4 nitrogen and oxygen atoms in total. The quantitative estimate of drug-likeness (QED) is 0.789. The Morgan fingerprint density at radius 1 is 1.37 bits per heavy atom. The van der Waals surface area contributed by atoms with Gasteiger partial charge in [0.25, 0.3) is 5.91 Å². The van der Waals surface area contributed by atoms with Crippen molar-refractivity contribution in [2.75, 3.05) is 25.4 Å². The number of hydrogen-bond donors (Lipinski definition) is 2. The summed E-state index contributed by atoms with van der Waals surface area (Å²) in [6.07, 6.45) is 2.41. The van der Waals surface area contributed by atoms with Gasteiger partial charge in [-0.1, -0.05) is 12.1 Å². The highest BCUT2D eigenvalue weighted by Gasteiger charge is 2.35. The molecule has 0 spiro atoms. The molecule has 3 saturated heterocycles. The molecule has 4 heteroatoms.